The van der Waals surface area contributed by atoms with E-state index in [-0.39, 0.29) is 5.78 Å². The van der Waals surface area contributed by atoms with Crippen molar-refractivity contribution < 1.29 is 4.79 Å². The number of nitrogens with zero attached hydrogens (tertiary/aromatic N) is 1. The van der Waals surface area contributed by atoms with E-state index in [4.69, 9.17) is 0 Å². The van der Waals surface area contributed by atoms with Crippen molar-refractivity contribution in [3.63, 3.8) is 0 Å². The third-order valence-electron chi connectivity index (χ3n) is 2.81. The molecule has 2 aromatic rings. The Morgan fingerprint density at radius 2 is 1.94 bits per heavy atom. The van der Waals surface area contributed by atoms with Crippen LogP contribution in [0.2, 0.25) is 0 Å². The molecule has 0 radical (unpaired) electrons. The van der Waals surface area contributed by atoms with Crippen LogP contribution in [0.3, 0.4) is 0 Å². The van der Waals surface area contributed by atoms with Gasteiger partial charge in [-0.25, -0.2) is 0 Å². The van der Waals surface area contributed by atoms with E-state index in [0.717, 1.165) is 22.0 Å². The minimum absolute atomic E-state index is 0.0785. The molecule has 3 heteroatoms. The lowest BCUT2D eigenvalue weighted by Crippen LogP contribution is -2.09. The van der Waals surface area contributed by atoms with Crippen LogP contribution in [0.1, 0.15) is 28.5 Å². The third kappa shape index (κ3) is 3.05. The Bertz CT molecular complexity index is 549. The van der Waals surface area contributed by atoms with Crippen LogP contribution in [0.25, 0.3) is 0 Å². The molecular formula is C15H14BrNO. The summed E-state index contributed by atoms with van der Waals surface area (Å²) in [5, 5.41) is 0. The number of rotatable bonds is 4. The van der Waals surface area contributed by atoms with Crippen molar-refractivity contribution in [1.29, 1.82) is 0 Å². The summed E-state index contributed by atoms with van der Waals surface area (Å²) in [5.74, 6) is 0.0785. The molecule has 1 heterocycles. The molecule has 0 bridgehead atoms. The summed E-state index contributed by atoms with van der Waals surface area (Å²) in [6.07, 6.45) is 2.90. The number of aromatic nitrogens is 1. The molecule has 18 heavy (non-hydrogen) atoms. The highest BCUT2D eigenvalue weighted by Gasteiger charge is 2.12. The van der Waals surface area contributed by atoms with E-state index in [1.165, 1.54) is 0 Å². The minimum Gasteiger partial charge on any atom is -0.292 e. The second-order valence-corrected chi connectivity index (χ2v) is 5.01. The van der Waals surface area contributed by atoms with Gasteiger partial charge in [0.05, 0.1) is 0 Å². The molecule has 0 amide bonds. The SMILES string of the molecule is CCc1cccnc1C(=O)Cc1ccc(Br)cc1. The lowest BCUT2D eigenvalue weighted by Gasteiger charge is -2.05. The van der Waals surface area contributed by atoms with Gasteiger partial charge in [0.15, 0.2) is 5.78 Å². The number of ketones is 1. The zero-order valence-corrected chi connectivity index (χ0v) is 11.8. The Morgan fingerprint density at radius 3 is 2.61 bits per heavy atom. The molecule has 0 unspecified atom stereocenters. The maximum Gasteiger partial charge on any atom is 0.185 e. The second-order valence-electron chi connectivity index (χ2n) is 4.09. The van der Waals surface area contributed by atoms with Gasteiger partial charge in [-0.3, -0.25) is 9.78 Å². The quantitative estimate of drug-likeness (QED) is 0.804. The topological polar surface area (TPSA) is 30.0 Å². The zero-order chi connectivity index (χ0) is 13.0. The van der Waals surface area contributed by atoms with E-state index in [0.29, 0.717) is 12.1 Å². The number of Topliss-reactive ketones (excluding diaryl/α,β-unsaturated/α-hetero) is 1. The first-order valence-electron chi connectivity index (χ1n) is 5.92. The Morgan fingerprint density at radius 1 is 1.22 bits per heavy atom. The standard InChI is InChI=1S/C15H14BrNO/c1-2-12-4-3-9-17-15(12)14(18)10-11-5-7-13(16)8-6-11/h3-9H,2,10H2,1H3. The minimum atomic E-state index is 0.0785. The molecule has 0 spiro atoms. The van der Waals surface area contributed by atoms with Gasteiger partial charge >= 0.3 is 0 Å². The van der Waals surface area contributed by atoms with Crippen LogP contribution in [0, 0.1) is 0 Å². The second kappa shape index (κ2) is 5.91. The van der Waals surface area contributed by atoms with E-state index >= 15 is 0 Å². The first-order valence-corrected chi connectivity index (χ1v) is 6.71. The summed E-state index contributed by atoms with van der Waals surface area (Å²) >= 11 is 3.38. The van der Waals surface area contributed by atoms with Crippen LogP contribution < -0.4 is 0 Å². The third-order valence-corrected chi connectivity index (χ3v) is 3.34. The van der Waals surface area contributed by atoms with Gasteiger partial charge in [0.2, 0.25) is 0 Å². The molecule has 2 nitrogen and oxygen atoms in total. The Kier molecular flexibility index (Phi) is 4.26. The number of benzene rings is 1. The molecule has 0 atom stereocenters. The fourth-order valence-corrected chi connectivity index (χ4v) is 2.11. The van der Waals surface area contributed by atoms with Crippen LogP contribution in [-0.4, -0.2) is 10.8 Å². The first kappa shape index (κ1) is 13.0. The number of hydrogen-bond acceptors (Lipinski definition) is 2. The molecule has 1 aromatic heterocycles. The Balaban J connectivity index is 2.19. The Labute approximate surface area is 115 Å². The lowest BCUT2D eigenvalue weighted by atomic mass is 10.0. The molecule has 0 saturated carbocycles. The van der Waals surface area contributed by atoms with E-state index in [2.05, 4.69) is 20.9 Å². The van der Waals surface area contributed by atoms with Gasteiger partial charge in [0.25, 0.3) is 0 Å². The number of hydrogen-bond donors (Lipinski definition) is 0. The van der Waals surface area contributed by atoms with E-state index in [1.807, 2.05) is 43.3 Å². The number of carbonyl (C=O) groups excluding carboxylic acids is 1. The van der Waals surface area contributed by atoms with Crippen LogP contribution in [0.4, 0.5) is 0 Å². The fourth-order valence-electron chi connectivity index (χ4n) is 1.85. The zero-order valence-electron chi connectivity index (χ0n) is 10.2. The van der Waals surface area contributed by atoms with E-state index in [1.54, 1.807) is 6.20 Å². The van der Waals surface area contributed by atoms with Crippen molar-refractivity contribution in [2.75, 3.05) is 0 Å². The predicted octanol–water partition coefficient (Wildman–Crippen LogP) is 3.83. The molecule has 0 fully saturated rings. The smallest absolute Gasteiger partial charge is 0.185 e. The normalized spacial score (nSPS) is 10.3. The van der Waals surface area contributed by atoms with Crippen molar-refractivity contribution in [1.82, 2.24) is 4.98 Å². The van der Waals surface area contributed by atoms with Gasteiger partial charge in [-0.1, -0.05) is 41.1 Å². The maximum absolute atomic E-state index is 12.2. The highest BCUT2D eigenvalue weighted by Crippen LogP contribution is 2.14. The molecule has 0 aliphatic carbocycles. The summed E-state index contributed by atoms with van der Waals surface area (Å²) in [4.78, 5) is 16.4. The van der Waals surface area contributed by atoms with Crippen LogP contribution in [0.5, 0.6) is 0 Å². The Hall–Kier alpha value is -1.48. The van der Waals surface area contributed by atoms with Gasteiger partial charge in [0, 0.05) is 17.1 Å². The molecule has 0 N–H and O–H groups in total. The van der Waals surface area contributed by atoms with Gasteiger partial charge in [0.1, 0.15) is 5.69 Å². The molecule has 0 saturated heterocycles. The summed E-state index contributed by atoms with van der Waals surface area (Å²) in [5.41, 5.74) is 2.62. The molecule has 0 aliphatic rings. The highest BCUT2D eigenvalue weighted by atomic mass is 79.9. The van der Waals surface area contributed by atoms with Crippen molar-refractivity contribution >= 4 is 21.7 Å². The van der Waals surface area contributed by atoms with Gasteiger partial charge in [-0.05, 0) is 35.7 Å². The van der Waals surface area contributed by atoms with Gasteiger partial charge in [-0.2, -0.15) is 0 Å². The fraction of sp³-hybridized carbons (Fsp3) is 0.200. The first-order chi connectivity index (χ1) is 8.70. The summed E-state index contributed by atoms with van der Waals surface area (Å²) in [6, 6.07) is 11.6. The predicted molar refractivity (Wildman–Crippen MR) is 75.8 cm³/mol. The summed E-state index contributed by atoms with van der Waals surface area (Å²) in [7, 11) is 0. The number of pyridine rings is 1. The van der Waals surface area contributed by atoms with Crippen molar-refractivity contribution in [3.05, 3.63) is 63.9 Å². The molecule has 1 aromatic carbocycles. The molecule has 0 aliphatic heterocycles. The van der Waals surface area contributed by atoms with Gasteiger partial charge in [-0.15, -0.1) is 0 Å². The number of carbonyl (C=O) groups is 1. The van der Waals surface area contributed by atoms with E-state index in [9.17, 15) is 4.79 Å². The van der Waals surface area contributed by atoms with Crippen LogP contribution >= 0.6 is 15.9 Å². The molecular weight excluding hydrogens is 290 g/mol. The van der Waals surface area contributed by atoms with Crippen LogP contribution in [-0.2, 0) is 12.8 Å². The van der Waals surface area contributed by atoms with Crippen LogP contribution in [0.15, 0.2) is 47.1 Å². The molecule has 92 valence electrons. The number of halogens is 1. The largest absolute Gasteiger partial charge is 0.292 e. The highest BCUT2D eigenvalue weighted by molar-refractivity contribution is 9.10. The van der Waals surface area contributed by atoms with Crippen molar-refractivity contribution in [2.24, 2.45) is 0 Å². The monoisotopic (exact) mass is 303 g/mol. The van der Waals surface area contributed by atoms with E-state index < -0.39 is 0 Å². The summed E-state index contributed by atoms with van der Waals surface area (Å²) < 4.78 is 1.02. The average Bonchev–Trinajstić information content (AvgIpc) is 2.41. The average molecular weight is 304 g/mol. The molecule has 2 rings (SSSR count). The lowest BCUT2D eigenvalue weighted by molar-refractivity contribution is 0.0987. The summed E-state index contributed by atoms with van der Waals surface area (Å²) in [6.45, 7) is 2.04. The van der Waals surface area contributed by atoms with Crippen molar-refractivity contribution in [3.8, 4) is 0 Å². The maximum atomic E-state index is 12.2. The number of aryl methyl sites for hydroxylation is 1. The van der Waals surface area contributed by atoms with Gasteiger partial charge < -0.3 is 0 Å². The van der Waals surface area contributed by atoms with Crippen molar-refractivity contribution in [2.45, 2.75) is 19.8 Å².